The van der Waals surface area contributed by atoms with Gasteiger partial charge in [0.1, 0.15) is 5.03 Å². The van der Waals surface area contributed by atoms with Crippen molar-refractivity contribution in [3.05, 3.63) is 23.9 Å². The Hall–Kier alpha value is -1.03. The lowest BCUT2D eigenvalue weighted by molar-refractivity contribution is -0.132. The summed E-state index contributed by atoms with van der Waals surface area (Å²) in [6.45, 7) is 2.54. The first-order chi connectivity index (χ1) is 8.24. The van der Waals surface area contributed by atoms with Gasteiger partial charge in [0.05, 0.1) is 6.04 Å². The molecule has 92 valence electrons. The maximum atomic E-state index is 11.7. The number of amides is 1. The zero-order chi connectivity index (χ0) is 12.3. The van der Waals surface area contributed by atoms with Crippen LogP contribution in [0.25, 0.3) is 0 Å². The van der Waals surface area contributed by atoms with Gasteiger partial charge in [0, 0.05) is 25.2 Å². The van der Waals surface area contributed by atoms with E-state index in [1.54, 1.807) is 18.7 Å². The third-order valence-electron chi connectivity index (χ3n) is 3.26. The third kappa shape index (κ3) is 2.63. The van der Waals surface area contributed by atoms with Crippen molar-refractivity contribution in [2.45, 2.75) is 37.3 Å². The monoisotopic (exact) mass is 250 g/mol. The van der Waals surface area contributed by atoms with E-state index in [1.165, 1.54) is 12.0 Å². The lowest BCUT2D eigenvalue weighted by Crippen LogP contribution is -2.37. The van der Waals surface area contributed by atoms with Crippen LogP contribution in [-0.4, -0.2) is 28.6 Å². The van der Waals surface area contributed by atoms with Crippen LogP contribution in [0.1, 0.15) is 37.8 Å². The molecule has 0 N–H and O–H groups in total. The Bertz CT molecular complexity index is 408. The summed E-state index contributed by atoms with van der Waals surface area (Å²) in [5.74, 6) is 0.172. The molecule has 1 aromatic heterocycles. The van der Waals surface area contributed by atoms with Crippen molar-refractivity contribution in [2.75, 3.05) is 12.8 Å². The number of nitrogens with zero attached hydrogens (tertiary/aromatic N) is 2. The lowest BCUT2D eigenvalue weighted by atomic mass is 9.96. The molecule has 2 rings (SSSR count). The Morgan fingerprint density at radius 2 is 2.35 bits per heavy atom. The van der Waals surface area contributed by atoms with Gasteiger partial charge >= 0.3 is 0 Å². The van der Waals surface area contributed by atoms with Gasteiger partial charge in [-0.1, -0.05) is 6.07 Å². The molecular formula is C13H18N2OS. The molecule has 0 radical (unpaired) electrons. The maximum absolute atomic E-state index is 11.7. The SMILES string of the molecule is CSc1ncccc1[C@H]1CCCCN1C(C)=O. The number of thioether (sulfide) groups is 1. The zero-order valence-electron chi connectivity index (χ0n) is 10.3. The van der Waals surface area contributed by atoms with Crippen molar-refractivity contribution in [2.24, 2.45) is 0 Å². The smallest absolute Gasteiger partial charge is 0.219 e. The fourth-order valence-corrected chi connectivity index (χ4v) is 3.07. The molecule has 1 aromatic rings. The largest absolute Gasteiger partial charge is 0.336 e. The summed E-state index contributed by atoms with van der Waals surface area (Å²) < 4.78 is 0. The van der Waals surface area contributed by atoms with Crippen LogP contribution >= 0.6 is 11.8 Å². The van der Waals surface area contributed by atoms with E-state index >= 15 is 0 Å². The summed E-state index contributed by atoms with van der Waals surface area (Å²) in [7, 11) is 0. The van der Waals surface area contributed by atoms with Crippen LogP contribution in [0.3, 0.4) is 0 Å². The summed E-state index contributed by atoms with van der Waals surface area (Å²) in [5, 5.41) is 1.05. The van der Waals surface area contributed by atoms with Gasteiger partial charge in [-0.3, -0.25) is 4.79 Å². The number of carbonyl (C=O) groups is 1. The molecule has 1 atom stereocenters. The second-order valence-electron chi connectivity index (χ2n) is 4.33. The van der Waals surface area contributed by atoms with Gasteiger partial charge < -0.3 is 4.90 Å². The van der Waals surface area contributed by atoms with Crippen molar-refractivity contribution in [3.63, 3.8) is 0 Å². The first-order valence-electron chi connectivity index (χ1n) is 6.00. The van der Waals surface area contributed by atoms with E-state index in [1.807, 2.05) is 23.4 Å². The fourth-order valence-electron chi connectivity index (χ4n) is 2.46. The number of rotatable bonds is 2. The molecule has 0 aromatic carbocycles. The quantitative estimate of drug-likeness (QED) is 0.757. The zero-order valence-corrected chi connectivity index (χ0v) is 11.2. The van der Waals surface area contributed by atoms with E-state index in [4.69, 9.17) is 0 Å². The van der Waals surface area contributed by atoms with E-state index in [2.05, 4.69) is 11.1 Å². The molecule has 0 unspecified atom stereocenters. The Kier molecular flexibility index (Phi) is 4.05. The minimum Gasteiger partial charge on any atom is -0.336 e. The molecule has 0 aliphatic carbocycles. The molecule has 4 heteroatoms. The summed E-state index contributed by atoms with van der Waals surface area (Å²) in [5.41, 5.74) is 1.20. The highest BCUT2D eigenvalue weighted by atomic mass is 32.2. The van der Waals surface area contributed by atoms with Crippen LogP contribution in [0, 0.1) is 0 Å². The van der Waals surface area contributed by atoms with E-state index < -0.39 is 0 Å². The summed E-state index contributed by atoms with van der Waals surface area (Å²) >= 11 is 1.65. The van der Waals surface area contributed by atoms with Crippen molar-refractivity contribution in [1.29, 1.82) is 0 Å². The Morgan fingerprint density at radius 3 is 3.06 bits per heavy atom. The molecular weight excluding hydrogens is 232 g/mol. The van der Waals surface area contributed by atoms with Crippen LogP contribution < -0.4 is 0 Å². The maximum Gasteiger partial charge on any atom is 0.219 e. The highest BCUT2D eigenvalue weighted by Crippen LogP contribution is 2.34. The van der Waals surface area contributed by atoms with E-state index in [0.29, 0.717) is 0 Å². The number of aromatic nitrogens is 1. The Balaban J connectivity index is 2.32. The fraction of sp³-hybridized carbons (Fsp3) is 0.538. The second kappa shape index (κ2) is 5.54. The number of piperidine rings is 1. The first-order valence-corrected chi connectivity index (χ1v) is 7.22. The standard InChI is InChI=1S/C13H18N2OS/c1-10(16)15-9-4-3-7-12(15)11-6-5-8-14-13(11)17-2/h5-6,8,12H,3-4,7,9H2,1-2H3/t12-/m1/s1. The first kappa shape index (κ1) is 12.4. The van der Waals surface area contributed by atoms with Gasteiger partial charge in [-0.25, -0.2) is 4.98 Å². The van der Waals surface area contributed by atoms with Gasteiger partial charge in [0.2, 0.25) is 5.91 Å². The number of likely N-dealkylation sites (tertiary alicyclic amines) is 1. The topological polar surface area (TPSA) is 33.2 Å². The van der Waals surface area contributed by atoms with Crippen LogP contribution in [0.5, 0.6) is 0 Å². The van der Waals surface area contributed by atoms with Crippen molar-refractivity contribution < 1.29 is 4.79 Å². The van der Waals surface area contributed by atoms with E-state index in [-0.39, 0.29) is 11.9 Å². The number of pyridine rings is 1. The average Bonchev–Trinajstić information content (AvgIpc) is 2.38. The molecule has 17 heavy (non-hydrogen) atoms. The van der Waals surface area contributed by atoms with Crippen LogP contribution in [-0.2, 0) is 4.79 Å². The molecule has 3 nitrogen and oxygen atoms in total. The number of hydrogen-bond donors (Lipinski definition) is 0. The summed E-state index contributed by atoms with van der Waals surface area (Å²) in [6.07, 6.45) is 7.21. The third-order valence-corrected chi connectivity index (χ3v) is 3.99. The normalized spacial score (nSPS) is 20.4. The highest BCUT2D eigenvalue weighted by Gasteiger charge is 2.27. The molecule has 0 spiro atoms. The number of hydrogen-bond acceptors (Lipinski definition) is 3. The average molecular weight is 250 g/mol. The molecule has 0 bridgehead atoms. The Morgan fingerprint density at radius 1 is 1.53 bits per heavy atom. The van der Waals surface area contributed by atoms with Crippen molar-refractivity contribution in [1.82, 2.24) is 9.88 Å². The predicted molar refractivity (Wildman–Crippen MR) is 70.0 cm³/mol. The van der Waals surface area contributed by atoms with Gasteiger partial charge in [-0.2, -0.15) is 0 Å². The van der Waals surface area contributed by atoms with Crippen LogP contribution in [0.4, 0.5) is 0 Å². The van der Waals surface area contributed by atoms with Gasteiger partial charge in [0.15, 0.2) is 0 Å². The van der Waals surface area contributed by atoms with Crippen molar-refractivity contribution >= 4 is 17.7 Å². The summed E-state index contributed by atoms with van der Waals surface area (Å²) in [4.78, 5) is 18.1. The van der Waals surface area contributed by atoms with E-state index in [9.17, 15) is 4.79 Å². The van der Waals surface area contributed by atoms with E-state index in [0.717, 1.165) is 24.4 Å². The summed E-state index contributed by atoms with van der Waals surface area (Å²) in [6, 6.07) is 4.28. The minimum atomic E-state index is 0.172. The molecule has 1 saturated heterocycles. The Labute approximate surface area is 107 Å². The number of carbonyl (C=O) groups excluding carboxylic acids is 1. The lowest BCUT2D eigenvalue weighted by Gasteiger charge is -2.35. The van der Waals surface area contributed by atoms with Gasteiger partial charge in [-0.05, 0) is 31.6 Å². The highest BCUT2D eigenvalue weighted by molar-refractivity contribution is 7.98. The predicted octanol–water partition coefficient (Wildman–Crippen LogP) is 2.88. The van der Waals surface area contributed by atoms with Gasteiger partial charge in [-0.15, -0.1) is 11.8 Å². The van der Waals surface area contributed by atoms with Crippen LogP contribution in [0.15, 0.2) is 23.4 Å². The van der Waals surface area contributed by atoms with Crippen LogP contribution in [0.2, 0.25) is 0 Å². The van der Waals surface area contributed by atoms with Gasteiger partial charge in [0.25, 0.3) is 0 Å². The molecule has 1 fully saturated rings. The molecule has 2 heterocycles. The molecule has 1 amide bonds. The second-order valence-corrected chi connectivity index (χ2v) is 5.12. The molecule has 1 aliphatic rings. The van der Waals surface area contributed by atoms with Crippen molar-refractivity contribution in [3.8, 4) is 0 Å². The molecule has 0 saturated carbocycles. The molecule has 1 aliphatic heterocycles. The minimum absolute atomic E-state index is 0.172.